The lowest BCUT2D eigenvalue weighted by molar-refractivity contribution is -0.142. The van der Waals surface area contributed by atoms with E-state index in [1.807, 2.05) is 26.2 Å². The van der Waals surface area contributed by atoms with Gasteiger partial charge in [0.15, 0.2) is 5.79 Å². The Kier molecular flexibility index (Phi) is 4.77. The van der Waals surface area contributed by atoms with E-state index in [9.17, 15) is 0 Å². The number of thiocarbonyl (C=S) groups is 1. The molecular weight excluding hydrogens is 228 g/mol. The first kappa shape index (κ1) is 13.2. The Morgan fingerprint density at radius 2 is 2.40 bits per heavy atom. The van der Waals surface area contributed by atoms with Crippen molar-refractivity contribution in [1.82, 2.24) is 0 Å². The van der Waals surface area contributed by atoms with Crippen molar-refractivity contribution in [3.05, 3.63) is 12.7 Å². The first-order valence-corrected chi connectivity index (χ1v) is 6.63. The summed E-state index contributed by atoms with van der Waals surface area (Å²) in [7, 11) is 0. The molecule has 0 radical (unpaired) electrons. The molecule has 0 aromatic heterocycles. The number of ether oxygens (including phenoxy) is 2. The summed E-state index contributed by atoms with van der Waals surface area (Å²) in [4.78, 5) is 0. The van der Waals surface area contributed by atoms with Crippen LogP contribution in [-0.2, 0) is 9.47 Å². The Morgan fingerprint density at radius 1 is 1.73 bits per heavy atom. The van der Waals surface area contributed by atoms with Crippen LogP contribution in [0.4, 0.5) is 0 Å². The second kappa shape index (κ2) is 5.43. The summed E-state index contributed by atoms with van der Waals surface area (Å²) in [6.45, 7) is 8.32. The molecule has 0 aromatic rings. The number of hydrogen-bond acceptors (Lipinski definition) is 4. The third-order valence-corrected chi connectivity index (χ3v) is 3.73. The zero-order valence-corrected chi connectivity index (χ0v) is 11.1. The molecule has 1 aliphatic rings. The van der Waals surface area contributed by atoms with Crippen LogP contribution in [0.3, 0.4) is 0 Å². The predicted molar refractivity (Wildman–Crippen MR) is 69.3 cm³/mol. The van der Waals surface area contributed by atoms with Crippen LogP contribution < -0.4 is 0 Å². The molecular formula is C11H18O2S2. The topological polar surface area (TPSA) is 18.5 Å². The first-order chi connectivity index (χ1) is 6.98. The Hall–Kier alpha value is 0.1000. The quantitative estimate of drug-likeness (QED) is 0.560. The van der Waals surface area contributed by atoms with Gasteiger partial charge in [0, 0.05) is 10.1 Å². The lowest BCUT2D eigenvalue weighted by atomic mass is 10.0. The van der Waals surface area contributed by atoms with Gasteiger partial charge in [0.2, 0.25) is 0 Å². The summed E-state index contributed by atoms with van der Waals surface area (Å²) in [5.74, 6) is -0.209. The van der Waals surface area contributed by atoms with Gasteiger partial charge in [-0.05, 0) is 26.5 Å². The summed E-state index contributed by atoms with van der Waals surface area (Å²) >= 11 is 6.82. The Bertz CT molecular complexity index is 251. The molecule has 2 atom stereocenters. The minimum atomic E-state index is -0.465. The average Bonchev–Trinajstić information content (AvgIpc) is 2.54. The third-order valence-electron chi connectivity index (χ3n) is 2.44. The van der Waals surface area contributed by atoms with Crippen LogP contribution in [0.2, 0.25) is 0 Å². The van der Waals surface area contributed by atoms with E-state index in [0.29, 0.717) is 6.61 Å². The summed E-state index contributed by atoms with van der Waals surface area (Å²) in [5.41, 5.74) is 0. The van der Waals surface area contributed by atoms with Crippen molar-refractivity contribution in [1.29, 1.82) is 0 Å². The van der Waals surface area contributed by atoms with Crippen LogP contribution in [-0.4, -0.2) is 29.0 Å². The van der Waals surface area contributed by atoms with E-state index in [0.717, 1.165) is 10.6 Å². The van der Waals surface area contributed by atoms with E-state index in [1.54, 1.807) is 11.8 Å². The number of thioether (sulfide) groups is 1. The van der Waals surface area contributed by atoms with E-state index in [4.69, 9.17) is 21.7 Å². The van der Waals surface area contributed by atoms with Gasteiger partial charge in [-0.3, -0.25) is 0 Å². The molecule has 0 saturated carbocycles. The molecule has 1 saturated heterocycles. The van der Waals surface area contributed by atoms with Crippen LogP contribution in [0.5, 0.6) is 0 Å². The van der Waals surface area contributed by atoms with Gasteiger partial charge >= 0.3 is 0 Å². The second-order valence-corrected chi connectivity index (χ2v) is 5.70. The van der Waals surface area contributed by atoms with Gasteiger partial charge in [-0.2, -0.15) is 0 Å². The summed E-state index contributed by atoms with van der Waals surface area (Å²) < 4.78 is 12.3. The van der Waals surface area contributed by atoms with E-state index in [-0.39, 0.29) is 12.0 Å². The first-order valence-electron chi connectivity index (χ1n) is 4.99. The van der Waals surface area contributed by atoms with E-state index >= 15 is 0 Å². The largest absolute Gasteiger partial charge is 0.348 e. The van der Waals surface area contributed by atoms with Crippen molar-refractivity contribution < 1.29 is 9.47 Å². The Labute approximate surface area is 101 Å². The molecule has 15 heavy (non-hydrogen) atoms. The standard InChI is InChI=1S/C11H18O2S2/c1-5-8(6-10(14)15-4)9-7-12-11(2,3)13-9/h5,8-9H,1,6-7H2,2-4H3/t8?,9-/m1/s1. The average molecular weight is 246 g/mol. The van der Waals surface area contributed by atoms with Gasteiger partial charge in [-0.1, -0.05) is 18.3 Å². The highest BCUT2D eigenvalue weighted by Gasteiger charge is 2.36. The van der Waals surface area contributed by atoms with Gasteiger partial charge in [0.25, 0.3) is 0 Å². The minimum Gasteiger partial charge on any atom is -0.348 e. The van der Waals surface area contributed by atoms with Crippen molar-refractivity contribution in [3.63, 3.8) is 0 Å². The van der Waals surface area contributed by atoms with Gasteiger partial charge in [0.1, 0.15) is 0 Å². The third kappa shape index (κ3) is 3.87. The highest BCUT2D eigenvalue weighted by molar-refractivity contribution is 8.22. The normalized spacial score (nSPS) is 26.2. The van der Waals surface area contributed by atoms with Gasteiger partial charge < -0.3 is 9.47 Å². The minimum absolute atomic E-state index is 0.0857. The van der Waals surface area contributed by atoms with Gasteiger partial charge in [-0.15, -0.1) is 18.3 Å². The second-order valence-electron chi connectivity index (χ2n) is 4.05. The zero-order chi connectivity index (χ0) is 11.5. The van der Waals surface area contributed by atoms with Gasteiger partial charge in [0.05, 0.1) is 12.7 Å². The summed E-state index contributed by atoms with van der Waals surface area (Å²) in [6.07, 6.45) is 4.84. The maximum absolute atomic E-state index is 5.78. The van der Waals surface area contributed by atoms with Crippen molar-refractivity contribution in [2.45, 2.75) is 32.2 Å². The summed E-state index contributed by atoms with van der Waals surface area (Å²) in [6, 6.07) is 0. The summed E-state index contributed by atoms with van der Waals surface area (Å²) in [5, 5.41) is 0. The van der Waals surface area contributed by atoms with Gasteiger partial charge in [-0.25, -0.2) is 0 Å². The molecule has 1 aliphatic heterocycles. The molecule has 1 fully saturated rings. The molecule has 1 heterocycles. The molecule has 0 spiro atoms. The smallest absolute Gasteiger partial charge is 0.163 e. The molecule has 1 unspecified atom stereocenters. The van der Waals surface area contributed by atoms with Crippen LogP contribution in [0.1, 0.15) is 20.3 Å². The van der Waals surface area contributed by atoms with Crippen molar-refractivity contribution in [3.8, 4) is 0 Å². The van der Waals surface area contributed by atoms with E-state index in [2.05, 4.69) is 6.58 Å². The fourth-order valence-corrected chi connectivity index (χ4v) is 2.12. The van der Waals surface area contributed by atoms with Crippen LogP contribution in [0, 0.1) is 5.92 Å². The Morgan fingerprint density at radius 3 is 2.80 bits per heavy atom. The maximum Gasteiger partial charge on any atom is 0.163 e. The maximum atomic E-state index is 5.78. The predicted octanol–water partition coefficient (Wildman–Crippen LogP) is 3.02. The van der Waals surface area contributed by atoms with Crippen LogP contribution in [0.15, 0.2) is 12.7 Å². The van der Waals surface area contributed by atoms with E-state index in [1.165, 1.54) is 0 Å². The molecule has 0 N–H and O–H groups in total. The number of rotatable bonds is 4. The zero-order valence-electron chi connectivity index (χ0n) is 9.49. The highest BCUT2D eigenvalue weighted by atomic mass is 32.2. The highest BCUT2D eigenvalue weighted by Crippen LogP contribution is 2.29. The lowest BCUT2D eigenvalue weighted by Gasteiger charge is -2.21. The van der Waals surface area contributed by atoms with Crippen molar-refractivity contribution in [2.24, 2.45) is 5.92 Å². The molecule has 2 nitrogen and oxygen atoms in total. The van der Waals surface area contributed by atoms with E-state index < -0.39 is 5.79 Å². The fourth-order valence-electron chi connectivity index (χ4n) is 1.57. The van der Waals surface area contributed by atoms with Crippen molar-refractivity contribution in [2.75, 3.05) is 12.9 Å². The molecule has 0 aliphatic carbocycles. The van der Waals surface area contributed by atoms with Crippen molar-refractivity contribution >= 4 is 28.2 Å². The monoisotopic (exact) mass is 246 g/mol. The molecule has 4 heteroatoms. The SMILES string of the molecule is C=CC(CC(=S)SC)[C@H]1COC(C)(C)O1. The van der Waals surface area contributed by atoms with Crippen LogP contribution in [0.25, 0.3) is 0 Å². The van der Waals surface area contributed by atoms with Crippen LogP contribution >= 0.6 is 24.0 Å². The lowest BCUT2D eigenvalue weighted by Crippen LogP contribution is -2.26. The molecule has 0 bridgehead atoms. The number of hydrogen-bond donors (Lipinski definition) is 0. The fraction of sp³-hybridized carbons (Fsp3) is 0.727. The molecule has 86 valence electrons. The molecule has 0 aromatic carbocycles. The Balaban J connectivity index is 2.53. The molecule has 0 amide bonds. The molecule has 1 rings (SSSR count).